The van der Waals surface area contributed by atoms with Crippen molar-refractivity contribution >= 4 is 6.08 Å². The van der Waals surface area contributed by atoms with Crippen molar-refractivity contribution in [2.45, 2.75) is 26.2 Å². The van der Waals surface area contributed by atoms with Crippen LogP contribution in [-0.4, -0.2) is 4.98 Å². The van der Waals surface area contributed by atoms with Crippen LogP contribution in [-0.2, 0) is 0 Å². The van der Waals surface area contributed by atoms with Crippen LogP contribution in [0.15, 0.2) is 6.58 Å². The van der Waals surface area contributed by atoms with Crippen LogP contribution >= 0.6 is 0 Å². The summed E-state index contributed by atoms with van der Waals surface area (Å²) in [6, 6.07) is 1.88. The highest BCUT2D eigenvalue weighted by Crippen LogP contribution is 2.25. The zero-order valence-corrected chi connectivity index (χ0v) is 8.39. The Balaban J connectivity index is 3.30. The Bertz CT molecular complexity index is 385. The predicted octanol–water partition coefficient (Wildman–Crippen LogP) is 3.18. The Morgan fingerprint density at radius 1 is 1.71 bits per heavy atom. The molecule has 1 aromatic rings. The molecule has 1 atom stereocenters. The molecule has 0 bridgehead atoms. The van der Waals surface area contributed by atoms with E-state index >= 15 is 0 Å². The lowest BCUT2D eigenvalue weighted by Crippen LogP contribution is -1.94. The summed E-state index contributed by atoms with van der Waals surface area (Å²) in [5.74, 6) is -0.328. The van der Waals surface area contributed by atoms with Crippen LogP contribution in [0.1, 0.15) is 43.1 Å². The molecule has 1 rings (SSSR count). The molecule has 14 heavy (non-hydrogen) atoms. The Hall–Kier alpha value is -1.56. The molecule has 0 aliphatic heterocycles. The van der Waals surface area contributed by atoms with Gasteiger partial charge in [0.25, 0.3) is 0 Å². The second kappa shape index (κ2) is 4.10. The molecule has 0 spiro atoms. The van der Waals surface area contributed by atoms with Gasteiger partial charge in [-0.3, -0.25) is 0 Å². The van der Waals surface area contributed by atoms with Gasteiger partial charge in [-0.2, -0.15) is 5.26 Å². The third kappa shape index (κ3) is 1.56. The molecular weight excluding hydrogens is 179 g/mol. The van der Waals surface area contributed by atoms with Crippen molar-refractivity contribution < 1.29 is 4.39 Å². The molecular formula is C11H13FN2. The molecule has 2 nitrogen and oxygen atoms in total. The highest BCUT2D eigenvalue weighted by Gasteiger charge is 2.18. The predicted molar refractivity (Wildman–Crippen MR) is 54.3 cm³/mol. The number of H-pyrrole nitrogens is 1. The summed E-state index contributed by atoms with van der Waals surface area (Å²) in [5.41, 5.74) is 1.09. The van der Waals surface area contributed by atoms with Crippen molar-refractivity contribution in [3.8, 4) is 6.07 Å². The van der Waals surface area contributed by atoms with E-state index in [-0.39, 0.29) is 11.5 Å². The first-order valence-electron chi connectivity index (χ1n) is 4.59. The summed E-state index contributed by atoms with van der Waals surface area (Å²) in [6.45, 7) is 7.44. The monoisotopic (exact) mass is 192 g/mol. The maximum absolute atomic E-state index is 13.5. The van der Waals surface area contributed by atoms with Crippen LogP contribution in [0.4, 0.5) is 4.39 Å². The van der Waals surface area contributed by atoms with Crippen LogP contribution in [0.5, 0.6) is 0 Å². The smallest absolute Gasteiger partial charge is 0.166 e. The van der Waals surface area contributed by atoms with Gasteiger partial charge < -0.3 is 4.98 Å². The number of halogens is 1. The molecule has 0 saturated heterocycles. The zero-order valence-electron chi connectivity index (χ0n) is 8.39. The second-order valence-electron chi connectivity index (χ2n) is 3.27. The minimum atomic E-state index is -0.488. The molecule has 0 fully saturated rings. The quantitative estimate of drug-likeness (QED) is 0.784. The minimum absolute atomic E-state index is 0.120. The van der Waals surface area contributed by atoms with Crippen LogP contribution in [0.3, 0.4) is 0 Å². The molecule has 0 aromatic carbocycles. The van der Waals surface area contributed by atoms with E-state index in [1.165, 1.54) is 6.08 Å². The lowest BCUT2D eigenvalue weighted by Gasteiger charge is -2.05. The number of aromatic nitrogens is 1. The number of nitriles is 1. The first-order valence-corrected chi connectivity index (χ1v) is 4.59. The van der Waals surface area contributed by atoms with Crippen LogP contribution in [0.25, 0.3) is 6.08 Å². The van der Waals surface area contributed by atoms with Gasteiger partial charge in [-0.1, -0.05) is 20.4 Å². The van der Waals surface area contributed by atoms with Gasteiger partial charge in [-0.15, -0.1) is 0 Å². The lowest BCUT2D eigenvalue weighted by atomic mass is 10.0. The molecule has 1 aromatic heterocycles. The second-order valence-corrected chi connectivity index (χ2v) is 3.27. The lowest BCUT2D eigenvalue weighted by molar-refractivity contribution is 0.621. The summed E-state index contributed by atoms with van der Waals surface area (Å²) in [6.07, 6.45) is 2.26. The van der Waals surface area contributed by atoms with E-state index < -0.39 is 5.82 Å². The number of nitrogens with one attached hydrogen (secondary N) is 1. The summed E-state index contributed by atoms with van der Waals surface area (Å²) < 4.78 is 13.5. The zero-order chi connectivity index (χ0) is 10.7. The van der Waals surface area contributed by atoms with Crippen LogP contribution in [0, 0.1) is 17.1 Å². The fourth-order valence-electron chi connectivity index (χ4n) is 1.34. The fraction of sp³-hybridized carbons (Fsp3) is 0.364. The number of nitrogens with zero attached hydrogens (tertiary/aromatic N) is 1. The van der Waals surface area contributed by atoms with Crippen LogP contribution in [0.2, 0.25) is 0 Å². The number of hydrogen-bond acceptors (Lipinski definition) is 1. The summed E-state index contributed by atoms with van der Waals surface area (Å²) in [5, 5.41) is 8.81. The van der Waals surface area contributed by atoms with Gasteiger partial charge in [0, 0.05) is 5.69 Å². The molecule has 0 aliphatic carbocycles. The Morgan fingerprint density at radius 3 is 2.79 bits per heavy atom. The van der Waals surface area contributed by atoms with Gasteiger partial charge in [-0.25, -0.2) is 4.39 Å². The van der Waals surface area contributed by atoms with E-state index in [0.29, 0.717) is 11.4 Å². The van der Waals surface area contributed by atoms with E-state index in [1.54, 1.807) is 0 Å². The van der Waals surface area contributed by atoms with Crippen LogP contribution < -0.4 is 0 Å². The van der Waals surface area contributed by atoms with Crippen molar-refractivity contribution in [1.29, 1.82) is 5.26 Å². The third-order valence-corrected chi connectivity index (χ3v) is 2.42. The van der Waals surface area contributed by atoms with Crippen molar-refractivity contribution in [2.75, 3.05) is 0 Å². The first kappa shape index (κ1) is 10.5. The fourth-order valence-corrected chi connectivity index (χ4v) is 1.34. The van der Waals surface area contributed by atoms with Gasteiger partial charge in [-0.05, 0) is 18.4 Å². The molecule has 0 aliphatic rings. The topological polar surface area (TPSA) is 39.6 Å². The molecule has 0 saturated carbocycles. The number of rotatable bonds is 3. The van der Waals surface area contributed by atoms with Gasteiger partial charge in [0.1, 0.15) is 11.6 Å². The van der Waals surface area contributed by atoms with E-state index in [9.17, 15) is 4.39 Å². The maximum atomic E-state index is 13.5. The Labute approximate surface area is 83.1 Å². The number of hydrogen-bond donors (Lipinski definition) is 1. The molecule has 3 heteroatoms. The number of aromatic amines is 1. The van der Waals surface area contributed by atoms with E-state index in [0.717, 1.165) is 6.42 Å². The van der Waals surface area contributed by atoms with Gasteiger partial charge in [0.05, 0.1) is 5.69 Å². The average molecular weight is 192 g/mol. The highest BCUT2D eigenvalue weighted by molar-refractivity contribution is 5.51. The third-order valence-electron chi connectivity index (χ3n) is 2.42. The summed E-state index contributed by atoms with van der Waals surface area (Å²) in [4.78, 5) is 2.89. The van der Waals surface area contributed by atoms with Gasteiger partial charge >= 0.3 is 0 Å². The normalized spacial score (nSPS) is 12.1. The molecule has 74 valence electrons. The van der Waals surface area contributed by atoms with Crippen molar-refractivity contribution in [3.63, 3.8) is 0 Å². The largest absolute Gasteiger partial charge is 0.355 e. The van der Waals surface area contributed by atoms with E-state index in [1.807, 2.05) is 19.9 Å². The van der Waals surface area contributed by atoms with Crippen molar-refractivity contribution in [2.24, 2.45) is 0 Å². The van der Waals surface area contributed by atoms with Crippen molar-refractivity contribution in [1.82, 2.24) is 4.98 Å². The summed E-state index contributed by atoms with van der Waals surface area (Å²) in [7, 11) is 0. The minimum Gasteiger partial charge on any atom is -0.355 e. The van der Waals surface area contributed by atoms with E-state index in [4.69, 9.17) is 5.26 Å². The SMILES string of the molecule is C=Cc1[nH]c(C(C)CC)c(C#N)c1F. The van der Waals surface area contributed by atoms with Gasteiger partial charge in [0.2, 0.25) is 0 Å². The van der Waals surface area contributed by atoms with E-state index in [2.05, 4.69) is 11.6 Å². The molecule has 1 unspecified atom stereocenters. The molecule has 1 heterocycles. The Morgan fingerprint density at radius 2 is 2.36 bits per heavy atom. The average Bonchev–Trinajstić information content (AvgIpc) is 2.53. The standard InChI is InChI=1S/C11H13FN2/c1-4-7(3)11-8(6-13)10(12)9(5-2)14-11/h5,7,14H,2,4H2,1,3H3. The highest BCUT2D eigenvalue weighted by atomic mass is 19.1. The van der Waals surface area contributed by atoms with Crippen molar-refractivity contribution in [3.05, 3.63) is 29.3 Å². The molecule has 0 amide bonds. The molecule has 1 N–H and O–H groups in total. The Kier molecular flexibility index (Phi) is 3.08. The van der Waals surface area contributed by atoms with Gasteiger partial charge in [0.15, 0.2) is 5.82 Å². The maximum Gasteiger partial charge on any atom is 0.166 e. The molecule has 0 radical (unpaired) electrons. The first-order chi connectivity index (χ1) is 6.65. The summed E-state index contributed by atoms with van der Waals surface area (Å²) >= 11 is 0.